The maximum atomic E-state index is 11.5. The predicted octanol–water partition coefficient (Wildman–Crippen LogP) is 1.45. The number of rotatable bonds is 5. The standard InChI is InChI=1S/C13H22N4O2S/c1-9(2)7-14-13-15-10(3)6-12(17-13)16-11-4-5-20(18,19)8-11/h6,9,11H,4-5,7-8H2,1-3H3,(H2,14,15,16,17). The van der Waals surface area contributed by atoms with Gasteiger partial charge in [0.05, 0.1) is 11.5 Å². The molecule has 2 heterocycles. The summed E-state index contributed by atoms with van der Waals surface area (Å²) in [4.78, 5) is 8.72. The molecular formula is C13H22N4O2S. The Morgan fingerprint density at radius 2 is 2.15 bits per heavy atom. The van der Waals surface area contributed by atoms with Crippen molar-refractivity contribution < 1.29 is 8.42 Å². The first-order valence-electron chi connectivity index (χ1n) is 6.90. The van der Waals surface area contributed by atoms with Crippen molar-refractivity contribution >= 4 is 21.6 Å². The molecule has 6 nitrogen and oxygen atoms in total. The van der Waals surface area contributed by atoms with Crippen LogP contribution in [-0.4, -0.2) is 42.5 Å². The maximum Gasteiger partial charge on any atom is 0.224 e. The van der Waals surface area contributed by atoms with Gasteiger partial charge in [0, 0.05) is 24.3 Å². The van der Waals surface area contributed by atoms with E-state index in [1.165, 1.54) is 0 Å². The molecule has 20 heavy (non-hydrogen) atoms. The van der Waals surface area contributed by atoms with E-state index in [4.69, 9.17) is 0 Å². The Morgan fingerprint density at radius 1 is 1.40 bits per heavy atom. The molecule has 0 bridgehead atoms. The Labute approximate surface area is 120 Å². The third-order valence-electron chi connectivity index (χ3n) is 3.11. The molecule has 0 spiro atoms. The molecule has 1 aromatic heterocycles. The summed E-state index contributed by atoms with van der Waals surface area (Å²) in [5, 5.41) is 6.38. The summed E-state index contributed by atoms with van der Waals surface area (Å²) < 4.78 is 22.9. The highest BCUT2D eigenvalue weighted by atomic mass is 32.2. The van der Waals surface area contributed by atoms with Crippen molar-refractivity contribution in [3.63, 3.8) is 0 Å². The van der Waals surface area contributed by atoms with E-state index in [0.29, 0.717) is 24.1 Å². The van der Waals surface area contributed by atoms with E-state index in [1.54, 1.807) is 0 Å². The summed E-state index contributed by atoms with van der Waals surface area (Å²) in [5.74, 6) is 2.22. The Kier molecular flexibility index (Phi) is 4.47. The van der Waals surface area contributed by atoms with Crippen molar-refractivity contribution in [2.75, 3.05) is 28.7 Å². The normalized spacial score (nSPS) is 21.1. The van der Waals surface area contributed by atoms with Crippen LogP contribution < -0.4 is 10.6 Å². The molecule has 1 aliphatic rings. The molecule has 0 aromatic carbocycles. The van der Waals surface area contributed by atoms with Gasteiger partial charge in [-0.25, -0.2) is 13.4 Å². The molecule has 0 amide bonds. The summed E-state index contributed by atoms with van der Waals surface area (Å²) in [6.07, 6.45) is 0.639. The highest BCUT2D eigenvalue weighted by Gasteiger charge is 2.28. The number of sulfone groups is 1. The van der Waals surface area contributed by atoms with E-state index in [9.17, 15) is 8.42 Å². The van der Waals surface area contributed by atoms with Gasteiger partial charge in [-0.3, -0.25) is 0 Å². The molecule has 0 aliphatic carbocycles. The molecule has 1 unspecified atom stereocenters. The second-order valence-electron chi connectivity index (χ2n) is 5.74. The Morgan fingerprint density at radius 3 is 2.75 bits per heavy atom. The van der Waals surface area contributed by atoms with Crippen LogP contribution in [0.3, 0.4) is 0 Å². The lowest BCUT2D eigenvalue weighted by Gasteiger charge is -2.14. The molecule has 1 saturated heterocycles. The second-order valence-corrected chi connectivity index (χ2v) is 7.97. The smallest absolute Gasteiger partial charge is 0.224 e. The SMILES string of the molecule is Cc1cc(NC2CCS(=O)(=O)C2)nc(NCC(C)C)n1. The molecular weight excluding hydrogens is 276 g/mol. The van der Waals surface area contributed by atoms with Gasteiger partial charge in [-0.05, 0) is 19.3 Å². The molecule has 1 aliphatic heterocycles. The first-order chi connectivity index (χ1) is 9.34. The van der Waals surface area contributed by atoms with Gasteiger partial charge in [0.1, 0.15) is 5.82 Å². The highest BCUT2D eigenvalue weighted by molar-refractivity contribution is 7.91. The van der Waals surface area contributed by atoms with Crippen LogP contribution in [0.4, 0.5) is 11.8 Å². The number of aromatic nitrogens is 2. The minimum absolute atomic E-state index is 0.0488. The van der Waals surface area contributed by atoms with Crippen LogP contribution in [0.1, 0.15) is 26.0 Å². The Hall–Kier alpha value is -1.37. The predicted molar refractivity (Wildman–Crippen MR) is 80.8 cm³/mol. The fourth-order valence-electron chi connectivity index (χ4n) is 2.13. The van der Waals surface area contributed by atoms with Crippen LogP contribution in [0.25, 0.3) is 0 Å². The molecule has 0 saturated carbocycles. The average molecular weight is 298 g/mol. The van der Waals surface area contributed by atoms with Crippen LogP contribution in [-0.2, 0) is 9.84 Å². The maximum absolute atomic E-state index is 11.5. The molecule has 7 heteroatoms. The van der Waals surface area contributed by atoms with Gasteiger partial charge in [-0.2, -0.15) is 4.98 Å². The zero-order valence-electron chi connectivity index (χ0n) is 12.2. The van der Waals surface area contributed by atoms with E-state index in [1.807, 2.05) is 13.0 Å². The van der Waals surface area contributed by atoms with E-state index in [2.05, 4.69) is 34.4 Å². The highest BCUT2D eigenvalue weighted by Crippen LogP contribution is 2.17. The van der Waals surface area contributed by atoms with Gasteiger partial charge in [0.2, 0.25) is 5.95 Å². The summed E-state index contributed by atoms with van der Waals surface area (Å²) in [5.41, 5.74) is 0.856. The van der Waals surface area contributed by atoms with E-state index >= 15 is 0 Å². The zero-order valence-corrected chi connectivity index (χ0v) is 13.0. The van der Waals surface area contributed by atoms with E-state index in [0.717, 1.165) is 12.2 Å². The van der Waals surface area contributed by atoms with Crippen LogP contribution in [0.15, 0.2) is 6.07 Å². The van der Waals surface area contributed by atoms with Crippen LogP contribution in [0.5, 0.6) is 0 Å². The van der Waals surface area contributed by atoms with Crippen LogP contribution in [0.2, 0.25) is 0 Å². The van der Waals surface area contributed by atoms with Crippen molar-refractivity contribution in [2.45, 2.75) is 33.2 Å². The molecule has 112 valence electrons. The Bertz CT molecular complexity index is 572. The first-order valence-corrected chi connectivity index (χ1v) is 8.73. The van der Waals surface area contributed by atoms with Gasteiger partial charge >= 0.3 is 0 Å². The van der Waals surface area contributed by atoms with Gasteiger partial charge in [-0.1, -0.05) is 13.8 Å². The second kappa shape index (κ2) is 5.95. The van der Waals surface area contributed by atoms with Crippen molar-refractivity contribution in [2.24, 2.45) is 5.92 Å². The van der Waals surface area contributed by atoms with Crippen LogP contribution >= 0.6 is 0 Å². The number of nitrogens with one attached hydrogen (secondary N) is 2. The molecule has 1 fully saturated rings. The molecule has 1 atom stereocenters. The lowest BCUT2D eigenvalue weighted by atomic mass is 10.2. The zero-order chi connectivity index (χ0) is 14.8. The molecule has 2 N–H and O–H groups in total. The van der Waals surface area contributed by atoms with Crippen LogP contribution in [0, 0.1) is 12.8 Å². The number of hydrogen-bond donors (Lipinski definition) is 2. The molecule has 0 radical (unpaired) electrons. The Balaban J connectivity index is 2.04. The monoisotopic (exact) mass is 298 g/mol. The van der Waals surface area contributed by atoms with E-state index < -0.39 is 9.84 Å². The summed E-state index contributed by atoms with van der Waals surface area (Å²) >= 11 is 0. The first kappa shape index (κ1) is 15.0. The van der Waals surface area contributed by atoms with Crippen molar-refractivity contribution in [1.29, 1.82) is 0 Å². The van der Waals surface area contributed by atoms with Gasteiger partial charge in [-0.15, -0.1) is 0 Å². The molecule has 1 aromatic rings. The topological polar surface area (TPSA) is 84.0 Å². The molecule has 2 rings (SSSR count). The summed E-state index contributed by atoms with van der Waals surface area (Å²) in [7, 11) is -2.88. The van der Waals surface area contributed by atoms with Gasteiger partial charge in [0.25, 0.3) is 0 Å². The van der Waals surface area contributed by atoms with Crippen molar-refractivity contribution in [3.8, 4) is 0 Å². The largest absolute Gasteiger partial charge is 0.366 e. The fraction of sp³-hybridized carbons (Fsp3) is 0.692. The number of aryl methyl sites for hydroxylation is 1. The fourth-order valence-corrected chi connectivity index (χ4v) is 3.81. The third kappa shape index (κ3) is 4.33. The lowest BCUT2D eigenvalue weighted by molar-refractivity contribution is 0.602. The third-order valence-corrected chi connectivity index (χ3v) is 4.88. The number of hydrogen-bond acceptors (Lipinski definition) is 6. The minimum Gasteiger partial charge on any atom is -0.366 e. The minimum atomic E-state index is -2.88. The quantitative estimate of drug-likeness (QED) is 0.856. The summed E-state index contributed by atoms with van der Waals surface area (Å²) in [6.45, 7) is 6.94. The van der Waals surface area contributed by atoms with Gasteiger partial charge < -0.3 is 10.6 Å². The average Bonchev–Trinajstić information content (AvgIpc) is 2.65. The summed E-state index contributed by atoms with van der Waals surface area (Å²) in [6, 6.07) is 1.79. The van der Waals surface area contributed by atoms with Crippen molar-refractivity contribution in [1.82, 2.24) is 9.97 Å². The van der Waals surface area contributed by atoms with Gasteiger partial charge in [0.15, 0.2) is 9.84 Å². The lowest BCUT2D eigenvalue weighted by Crippen LogP contribution is -2.22. The number of anilines is 2. The van der Waals surface area contributed by atoms with E-state index in [-0.39, 0.29) is 17.5 Å². The number of nitrogens with zero attached hydrogens (tertiary/aromatic N) is 2. The van der Waals surface area contributed by atoms with Crippen molar-refractivity contribution in [3.05, 3.63) is 11.8 Å².